The molecule has 1 aliphatic heterocycles. The van der Waals surface area contributed by atoms with E-state index in [1.54, 1.807) is 7.11 Å². The number of para-hydroxylation sites is 1. The highest BCUT2D eigenvalue weighted by Gasteiger charge is 2.20. The maximum Gasteiger partial charge on any atom is 0.412 e. The van der Waals surface area contributed by atoms with Crippen LogP contribution in [0.2, 0.25) is 0 Å². The number of methoxy groups -OCH3 is 1. The monoisotopic (exact) mass is 355 g/mol. The van der Waals surface area contributed by atoms with Gasteiger partial charge in [-0.2, -0.15) is 0 Å². The molecule has 1 fully saturated rings. The highest BCUT2D eigenvalue weighted by molar-refractivity contribution is 5.89. The van der Waals surface area contributed by atoms with E-state index in [0.29, 0.717) is 11.4 Å². The number of carbonyl (C=O) groups excluding carboxylic acids is 1. The van der Waals surface area contributed by atoms with E-state index in [1.165, 1.54) is 0 Å². The molecule has 6 nitrogen and oxygen atoms in total. The summed E-state index contributed by atoms with van der Waals surface area (Å²) in [4.78, 5) is 16.8. The van der Waals surface area contributed by atoms with Gasteiger partial charge in [0.15, 0.2) is 5.75 Å². The van der Waals surface area contributed by atoms with Crippen LogP contribution < -0.4 is 15.0 Å². The number of carbonyl (C=O) groups is 1. The maximum absolute atomic E-state index is 12.2. The molecule has 0 unspecified atom stereocenters. The van der Waals surface area contributed by atoms with Gasteiger partial charge in [0, 0.05) is 26.2 Å². The van der Waals surface area contributed by atoms with Crippen molar-refractivity contribution in [2.45, 2.75) is 6.61 Å². The molecular weight excluding hydrogens is 330 g/mol. The number of ether oxygens (including phenoxy) is 2. The van der Waals surface area contributed by atoms with Crippen LogP contribution in [0.5, 0.6) is 5.75 Å². The third-order valence-corrected chi connectivity index (χ3v) is 4.49. The summed E-state index contributed by atoms with van der Waals surface area (Å²) in [5.41, 5.74) is 2.55. The molecule has 0 radical (unpaired) electrons. The van der Waals surface area contributed by atoms with Crippen LogP contribution in [0.3, 0.4) is 0 Å². The molecule has 2 aromatic carbocycles. The minimum Gasteiger partial charge on any atom is -0.492 e. The number of amides is 1. The summed E-state index contributed by atoms with van der Waals surface area (Å²) in [7, 11) is 3.74. The molecule has 1 aliphatic rings. The molecule has 3 rings (SSSR count). The summed E-state index contributed by atoms with van der Waals surface area (Å²) in [5, 5.41) is 2.80. The summed E-state index contributed by atoms with van der Waals surface area (Å²) in [6.07, 6.45) is -0.498. The van der Waals surface area contributed by atoms with Gasteiger partial charge in [0.05, 0.1) is 18.5 Å². The van der Waals surface area contributed by atoms with Crippen LogP contribution in [-0.4, -0.2) is 51.3 Å². The Labute approximate surface area is 154 Å². The van der Waals surface area contributed by atoms with Crippen LogP contribution in [0.15, 0.2) is 48.5 Å². The number of hydrogen-bond donors (Lipinski definition) is 1. The van der Waals surface area contributed by atoms with Crippen LogP contribution in [-0.2, 0) is 11.3 Å². The molecule has 1 amide bonds. The largest absolute Gasteiger partial charge is 0.492 e. The van der Waals surface area contributed by atoms with E-state index >= 15 is 0 Å². The van der Waals surface area contributed by atoms with Gasteiger partial charge in [0.1, 0.15) is 6.61 Å². The number of anilines is 2. The Bertz CT molecular complexity index is 728. The van der Waals surface area contributed by atoms with E-state index in [2.05, 4.69) is 22.2 Å². The van der Waals surface area contributed by atoms with Crippen molar-refractivity contribution in [1.82, 2.24) is 4.90 Å². The fourth-order valence-corrected chi connectivity index (χ4v) is 3.00. The lowest BCUT2D eigenvalue weighted by atomic mass is 10.2. The number of likely N-dealkylation sites (N-methyl/N-ethyl adjacent to an activating group) is 1. The van der Waals surface area contributed by atoms with Gasteiger partial charge in [0.2, 0.25) is 0 Å². The molecule has 1 heterocycles. The fourth-order valence-electron chi connectivity index (χ4n) is 3.00. The average Bonchev–Trinajstić information content (AvgIpc) is 2.68. The first kappa shape index (κ1) is 18.1. The first-order chi connectivity index (χ1) is 12.7. The van der Waals surface area contributed by atoms with Gasteiger partial charge in [-0.25, -0.2) is 4.79 Å². The van der Waals surface area contributed by atoms with Crippen molar-refractivity contribution in [3.8, 4) is 5.75 Å². The Morgan fingerprint density at radius 1 is 1.04 bits per heavy atom. The fraction of sp³-hybridized carbons (Fsp3) is 0.350. The van der Waals surface area contributed by atoms with Gasteiger partial charge in [0.25, 0.3) is 0 Å². The number of nitrogens with zero attached hydrogens (tertiary/aromatic N) is 2. The Kier molecular flexibility index (Phi) is 5.96. The van der Waals surface area contributed by atoms with E-state index in [1.807, 2.05) is 48.5 Å². The molecule has 6 heteroatoms. The van der Waals surface area contributed by atoms with E-state index < -0.39 is 6.09 Å². The Hall–Kier alpha value is -2.73. The highest BCUT2D eigenvalue weighted by Crippen LogP contribution is 2.36. The summed E-state index contributed by atoms with van der Waals surface area (Å²) in [6.45, 7) is 4.08. The summed E-state index contributed by atoms with van der Waals surface area (Å²) < 4.78 is 10.9. The number of rotatable bonds is 5. The molecule has 0 bridgehead atoms. The van der Waals surface area contributed by atoms with E-state index in [4.69, 9.17) is 9.47 Å². The quantitative estimate of drug-likeness (QED) is 0.893. The van der Waals surface area contributed by atoms with Gasteiger partial charge in [-0.1, -0.05) is 36.4 Å². The molecule has 1 saturated heterocycles. The van der Waals surface area contributed by atoms with Crippen molar-refractivity contribution >= 4 is 17.5 Å². The second-order valence-corrected chi connectivity index (χ2v) is 6.34. The van der Waals surface area contributed by atoms with Crippen molar-refractivity contribution in [2.75, 3.05) is 50.6 Å². The lowest BCUT2D eigenvalue weighted by molar-refractivity contribution is 0.155. The lowest BCUT2D eigenvalue weighted by Crippen LogP contribution is -2.44. The Morgan fingerprint density at radius 3 is 2.46 bits per heavy atom. The highest BCUT2D eigenvalue weighted by atomic mass is 16.5. The predicted octanol–water partition coefficient (Wildman–Crippen LogP) is 3.20. The number of nitrogens with one attached hydrogen (secondary N) is 1. The second-order valence-electron chi connectivity index (χ2n) is 6.34. The third kappa shape index (κ3) is 4.46. The first-order valence-electron chi connectivity index (χ1n) is 8.75. The predicted molar refractivity (Wildman–Crippen MR) is 103 cm³/mol. The van der Waals surface area contributed by atoms with E-state index in [9.17, 15) is 4.79 Å². The van der Waals surface area contributed by atoms with Crippen LogP contribution >= 0.6 is 0 Å². The molecule has 138 valence electrons. The molecule has 0 spiro atoms. The normalized spacial score (nSPS) is 14.8. The lowest BCUT2D eigenvalue weighted by Gasteiger charge is -2.35. The van der Waals surface area contributed by atoms with E-state index in [0.717, 1.165) is 37.4 Å². The zero-order valence-electron chi connectivity index (χ0n) is 15.3. The molecular formula is C20H25N3O3. The SMILES string of the molecule is COc1c(NC(=O)OCc2ccccc2)cccc1N1CCN(C)CC1. The number of piperazine rings is 1. The van der Waals surface area contributed by atoms with Crippen LogP contribution in [0.1, 0.15) is 5.56 Å². The molecule has 26 heavy (non-hydrogen) atoms. The third-order valence-electron chi connectivity index (χ3n) is 4.49. The zero-order valence-corrected chi connectivity index (χ0v) is 15.3. The van der Waals surface area contributed by atoms with Gasteiger partial charge < -0.3 is 19.3 Å². The molecule has 0 aromatic heterocycles. The van der Waals surface area contributed by atoms with Crippen molar-refractivity contribution < 1.29 is 14.3 Å². The smallest absolute Gasteiger partial charge is 0.412 e. The minimum atomic E-state index is -0.498. The van der Waals surface area contributed by atoms with Crippen LogP contribution in [0.25, 0.3) is 0 Å². The summed E-state index contributed by atoms with van der Waals surface area (Å²) in [5.74, 6) is 0.661. The van der Waals surface area contributed by atoms with Gasteiger partial charge in [-0.05, 0) is 24.7 Å². The van der Waals surface area contributed by atoms with Crippen molar-refractivity contribution in [3.63, 3.8) is 0 Å². The molecule has 0 saturated carbocycles. The van der Waals surface area contributed by atoms with Crippen LogP contribution in [0, 0.1) is 0 Å². The molecule has 0 atom stereocenters. The van der Waals surface area contributed by atoms with Crippen LogP contribution in [0.4, 0.5) is 16.2 Å². The van der Waals surface area contributed by atoms with Crippen molar-refractivity contribution in [1.29, 1.82) is 0 Å². The zero-order chi connectivity index (χ0) is 18.4. The first-order valence-corrected chi connectivity index (χ1v) is 8.75. The summed E-state index contributed by atoms with van der Waals surface area (Å²) >= 11 is 0. The molecule has 1 N–H and O–H groups in total. The summed E-state index contributed by atoms with van der Waals surface area (Å²) in [6, 6.07) is 15.4. The molecule has 2 aromatic rings. The van der Waals surface area contributed by atoms with Crippen molar-refractivity contribution in [3.05, 3.63) is 54.1 Å². The minimum absolute atomic E-state index is 0.229. The Balaban J connectivity index is 1.67. The topological polar surface area (TPSA) is 54.0 Å². The average molecular weight is 355 g/mol. The van der Waals surface area contributed by atoms with Gasteiger partial charge >= 0.3 is 6.09 Å². The van der Waals surface area contributed by atoms with Crippen molar-refractivity contribution in [2.24, 2.45) is 0 Å². The Morgan fingerprint density at radius 2 is 1.77 bits per heavy atom. The molecule has 0 aliphatic carbocycles. The van der Waals surface area contributed by atoms with Gasteiger partial charge in [-0.3, -0.25) is 5.32 Å². The number of benzene rings is 2. The maximum atomic E-state index is 12.2. The second kappa shape index (κ2) is 8.58. The number of hydrogen-bond acceptors (Lipinski definition) is 5. The standard InChI is InChI=1S/C20H25N3O3/c1-22-11-13-23(14-12-22)18-10-6-9-17(19(18)25-2)21-20(24)26-15-16-7-4-3-5-8-16/h3-10H,11-15H2,1-2H3,(H,21,24). The van der Waals surface area contributed by atoms with Gasteiger partial charge in [-0.15, -0.1) is 0 Å². The van der Waals surface area contributed by atoms with E-state index in [-0.39, 0.29) is 6.61 Å².